The van der Waals surface area contributed by atoms with Crippen molar-refractivity contribution in [1.29, 1.82) is 0 Å². The summed E-state index contributed by atoms with van der Waals surface area (Å²) in [5.74, 6) is 0. The lowest BCUT2D eigenvalue weighted by atomic mass is 10.1. The number of aromatic amines is 1. The summed E-state index contributed by atoms with van der Waals surface area (Å²) >= 11 is 5.18. The van der Waals surface area contributed by atoms with Crippen LogP contribution in [-0.4, -0.2) is 30.8 Å². The van der Waals surface area contributed by atoms with Crippen LogP contribution in [0.3, 0.4) is 0 Å². The molecular weight excluding hydrogens is 431 g/mol. The predicted molar refractivity (Wildman–Crippen MR) is 81.6 cm³/mol. The Morgan fingerprint density at radius 2 is 2.37 bits per heavy atom. The maximum absolute atomic E-state index is 11.7. The van der Waals surface area contributed by atoms with Crippen LogP contribution in [-0.2, 0) is 4.74 Å². The van der Waals surface area contributed by atoms with Crippen molar-refractivity contribution in [3.8, 4) is 0 Å². The van der Waals surface area contributed by atoms with E-state index in [4.69, 9.17) is 4.74 Å². The van der Waals surface area contributed by atoms with Gasteiger partial charge in [-0.25, -0.2) is 4.79 Å². The maximum atomic E-state index is 11.7. The number of hydrogen-bond acceptors (Lipinski definition) is 4. The Morgan fingerprint density at radius 3 is 3.00 bits per heavy atom. The Balaban J connectivity index is 2.30. The van der Waals surface area contributed by atoms with Gasteiger partial charge in [-0.1, -0.05) is 28.7 Å². The minimum absolute atomic E-state index is 0.0560. The molecule has 6 nitrogen and oxygen atoms in total. The molecule has 4 atom stereocenters. The molecule has 1 aliphatic rings. The topological polar surface area (TPSA) is 84.3 Å². The summed E-state index contributed by atoms with van der Waals surface area (Å²) in [5, 5.41) is 9.96. The monoisotopic (exact) mass is 442 g/mol. The largest absolute Gasteiger partial charge is 0.390 e. The van der Waals surface area contributed by atoms with E-state index in [2.05, 4.69) is 50.1 Å². The Kier molecular flexibility index (Phi) is 4.64. The second kappa shape index (κ2) is 5.90. The number of nitrogens with one attached hydrogen (secondary N) is 1. The minimum Gasteiger partial charge on any atom is -0.390 e. The zero-order chi connectivity index (χ0) is 14.2. The molecule has 1 aromatic rings. The Labute approximate surface area is 130 Å². The fourth-order valence-corrected chi connectivity index (χ4v) is 2.91. The first-order valence-electron chi connectivity index (χ1n) is 5.55. The van der Waals surface area contributed by atoms with Crippen LogP contribution in [0.1, 0.15) is 12.6 Å². The third-order valence-electron chi connectivity index (χ3n) is 2.91. The van der Waals surface area contributed by atoms with Gasteiger partial charge in [-0.3, -0.25) is 14.3 Å². The highest BCUT2D eigenvalue weighted by Crippen LogP contribution is 2.32. The lowest BCUT2D eigenvalue weighted by molar-refractivity contribution is -0.0138. The van der Waals surface area contributed by atoms with Crippen molar-refractivity contribution in [2.45, 2.75) is 28.8 Å². The van der Waals surface area contributed by atoms with E-state index in [0.717, 1.165) is 0 Å². The average Bonchev–Trinajstić information content (AvgIpc) is 2.75. The number of alkyl halides is 1. The van der Waals surface area contributed by atoms with Gasteiger partial charge in [0.2, 0.25) is 0 Å². The van der Waals surface area contributed by atoms with Crippen LogP contribution in [0.5, 0.6) is 0 Å². The highest BCUT2D eigenvalue weighted by Gasteiger charge is 2.38. The van der Waals surface area contributed by atoms with Gasteiger partial charge in [-0.15, -0.1) is 6.58 Å². The number of aliphatic hydroxyl groups is 1. The molecule has 0 aliphatic carbocycles. The number of nitrogens with zero attached hydrogens (tertiary/aromatic N) is 1. The van der Waals surface area contributed by atoms with E-state index in [9.17, 15) is 14.7 Å². The summed E-state index contributed by atoms with van der Waals surface area (Å²) in [6.45, 7) is 3.66. The number of aromatic nitrogens is 2. The summed E-state index contributed by atoms with van der Waals surface area (Å²) in [7, 11) is 0. The van der Waals surface area contributed by atoms with E-state index in [1.165, 1.54) is 10.8 Å². The second-order valence-corrected chi connectivity index (χ2v) is 6.47. The third-order valence-corrected chi connectivity index (χ3v) is 4.69. The summed E-state index contributed by atoms with van der Waals surface area (Å²) in [6, 6.07) is 0. The van der Waals surface area contributed by atoms with Gasteiger partial charge in [-0.2, -0.15) is 0 Å². The number of ether oxygens (including phenoxy) is 1. The Morgan fingerprint density at radius 1 is 1.68 bits per heavy atom. The molecule has 1 fully saturated rings. The van der Waals surface area contributed by atoms with Crippen molar-refractivity contribution in [3.05, 3.63) is 44.2 Å². The molecule has 8 heteroatoms. The quantitative estimate of drug-likeness (QED) is 0.414. The average molecular weight is 443 g/mol. The van der Waals surface area contributed by atoms with Gasteiger partial charge < -0.3 is 9.84 Å². The normalized spacial score (nSPS) is 28.3. The summed E-state index contributed by atoms with van der Waals surface area (Å²) in [6.07, 6.45) is 1.65. The van der Waals surface area contributed by atoms with E-state index in [1.807, 2.05) is 0 Å². The van der Waals surface area contributed by atoms with Gasteiger partial charge in [-0.05, 0) is 15.9 Å². The summed E-state index contributed by atoms with van der Waals surface area (Å²) < 4.78 is 7.13. The zero-order valence-corrected chi connectivity index (χ0v) is 13.5. The van der Waals surface area contributed by atoms with Crippen LogP contribution < -0.4 is 11.2 Å². The zero-order valence-electron chi connectivity index (χ0n) is 9.75. The van der Waals surface area contributed by atoms with E-state index in [1.54, 1.807) is 6.08 Å². The van der Waals surface area contributed by atoms with Crippen LogP contribution in [0.2, 0.25) is 0 Å². The number of aliphatic hydroxyl groups excluding tert-OH is 1. The number of rotatable bonds is 3. The van der Waals surface area contributed by atoms with E-state index in [0.29, 0.717) is 0 Å². The Bertz CT molecular complexity index is 599. The predicted octanol–water partition coefficient (Wildman–Crippen LogP) is 0.937. The number of halogens is 2. The summed E-state index contributed by atoms with van der Waals surface area (Å²) in [5.41, 5.74) is -1.05. The highest BCUT2D eigenvalue weighted by atomic mass is 127. The molecule has 0 aromatic carbocycles. The van der Waals surface area contributed by atoms with Gasteiger partial charge in [0.05, 0.1) is 14.5 Å². The van der Waals surface area contributed by atoms with Crippen LogP contribution >= 0.6 is 38.5 Å². The molecule has 0 spiro atoms. The molecule has 19 heavy (non-hydrogen) atoms. The SMILES string of the molecule is C=CC(I)[C@H]1O[C@@H](n2cc(Br)c(=O)[nH]c2=O)C[C@@H]1O. The van der Waals surface area contributed by atoms with Gasteiger partial charge in [0, 0.05) is 12.6 Å². The Hall–Kier alpha value is -0.450. The summed E-state index contributed by atoms with van der Waals surface area (Å²) in [4.78, 5) is 25.2. The highest BCUT2D eigenvalue weighted by molar-refractivity contribution is 14.1. The van der Waals surface area contributed by atoms with Crippen molar-refractivity contribution in [2.75, 3.05) is 0 Å². The molecule has 1 aliphatic heterocycles. The van der Waals surface area contributed by atoms with Gasteiger partial charge in [0.15, 0.2) is 0 Å². The van der Waals surface area contributed by atoms with E-state index >= 15 is 0 Å². The lowest BCUT2D eigenvalue weighted by Crippen LogP contribution is -2.33. The van der Waals surface area contributed by atoms with Crippen LogP contribution in [0.15, 0.2) is 32.9 Å². The second-order valence-electron chi connectivity index (χ2n) is 4.18. The fourth-order valence-electron chi connectivity index (χ4n) is 1.94. The molecule has 1 aromatic heterocycles. The molecule has 2 rings (SSSR count). The van der Waals surface area contributed by atoms with Crippen molar-refractivity contribution >= 4 is 38.5 Å². The molecule has 1 saturated heterocycles. The first-order chi connectivity index (χ1) is 8.93. The molecule has 0 amide bonds. The maximum Gasteiger partial charge on any atom is 0.330 e. The molecular formula is C11H12BrIN2O4. The first-order valence-corrected chi connectivity index (χ1v) is 7.59. The first kappa shape index (κ1) is 14.9. The third kappa shape index (κ3) is 3.01. The van der Waals surface area contributed by atoms with Crippen LogP contribution in [0.4, 0.5) is 0 Å². The van der Waals surface area contributed by atoms with Gasteiger partial charge in [0.1, 0.15) is 12.3 Å². The molecule has 104 valence electrons. The standard InChI is InChI=1S/C11H12BrIN2O4/c1-2-6(13)9-7(16)3-8(19-9)15-4-5(12)10(17)14-11(15)18/h2,4,6-9,16H,1,3H2,(H,14,17,18)/t6?,7-,8+,9+/m0/s1. The van der Waals surface area contributed by atoms with Crippen molar-refractivity contribution in [3.63, 3.8) is 0 Å². The van der Waals surface area contributed by atoms with Crippen molar-refractivity contribution in [1.82, 2.24) is 9.55 Å². The van der Waals surface area contributed by atoms with Crippen LogP contribution in [0.25, 0.3) is 0 Å². The molecule has 2 heterocycles. The number of H-pyrrole nitrogens is 1. The minimum atomic E-state index is -0.678. The van der Waals surface area contributed by atoms with Crippen molar-refractivity contribution < 1.29 is 9.84 Å². The molecule has 0 bridgehead atoms. The molecule has 0 radical (unpaired) electrons. The fraction of sp³-hybridized carbons (Fsp3) is 0.455. The van der Waals surface area contributed by atoms with Crippen molar-refractivity contribution in [2.24, 2.45) is 0 Å². The van der Waals surface area contributed by atoms with Crippen LogP contribution in [0, 0.1) is 0 Å². The molecule has 2 N–H and O–H groups in total. The van der Waals surface area contributed by atoms with Gasteiger partial charge in [0.25, 0.3) is 5.56 Å². The molecule has 0 saturated carbocycles. The van der Waals surface area contributed by atoms with E-state index < -0.39 is 29.7 Å². The van der Waals surface area contributed by atoms with E-state index in [-0.39, 0.29) is 14.8 Å². The smallest absolute Gasteiger partial charge is 0.330 e. The van der Waals surface area contributed by atoms with Gasteiger partial charge >= 0.3 is 5.69 Å². The molecule has 1 unspecified atom stereocenters. The lowest BCUT2D eigenvalue weighted by Gasteiger charge is -2.18. The number of hydrogen-bond donors (Lipinski definition) is 2.